The summed E-state index contributed by atoms with van der Waals surface area (Å²) in [5, 5.41) is 10.0. The van der Waals surface area contributed by atoms with Gasteiger partial charge in [0.25, 0.3) is 0 Å². The van der Waals surface area contributed by atoms with Crippen molar-refractivity contribution in [2.75, 3.05) is 14.2 Å². The highest BCUT2D eigenvalue weighted by molar-refractivity contribution is 6.20. The Balaban J connectivity index is 2.07. The van der Waals surface area contributed by atoms with E-state index in [0.29, 0.717) is 33.5 Å². The molecule has 0 saturated heterocycles. The van der Waals surface area contributed by atoms with Crippen molar-refractivity contribution >= 4 is 22.8 Å². The first-order chi connectivity index (χ1) is 12.6. The molecule has 0 unspecified atom stereocenters. The molecule has 5 nitrogen and oxygen atoms in total. The second kappa shape index (κ2) is 7.11. The fourth-order valence-corrected chi connectivity index (χ4v) is 2.76. The first-order valence-corrected chi connectivity index (χ1v) is 7.73. The summed E-state index contributed by atoms with van der Waals surface area (Å²) in [7, 11) is 2.99. The molecule has 0 spiro atoms. The molecule has 0 atom stereocenters. The van der Waals surface area contributed by atoms with Crippen LogP contribution in [0.1, 0.15) is 15.9 Å². The Bertz CT molecular complexity index is 1060. The van der Waals surface area contributed by atoms with E-state index in [0.717, 1.165) is 0 Å². The summed E-state index contributed by atoms with van der Waals surface area (Å²) in [4.78, 5) is 15.7. The quantitative estimate of drug-likeness (QED) is 0.427. The number of aromatic nitrogens is 1. The number of fused-ring (bicyclic) bond motifs is 1. The fourth-order valence-electron chi connectivity index (χ4n) is 2.76. The maximum absolute atomic E-state index is 13.3. The molecule has 0 radical (unpaired) electrons. The number of rotatable bonds is 5. The van der Waals surface area contributed by atoms with Gasteiger partial charge in [-0.25, -0.2) is 4.39 Å². The number of nitrogens with one attached hydrogen (secondary N) is 1. The molecule has 0 saturated carbocycles. The van der Waals surface area contributed by atoms with Gasteiger partial charge in [-0.1, -0.05) is 12.1 Å². The Labute approximate surface area is 149 Å². The third-order valence-electron chi connectivity index (χ3n) is 3.99. The van der Waals surface area contributed by atoms with Crippen molar-refractivity contribution < 1.29 is 18.7 Å². The van der Waals surface area contributed by atoms with Gasteiger partial charge in [0, 0.05) is 28.2 Å². The SMILES string of the molecule is COc1cccc(C=C(C#N)C(=O)c2c[nH]c3cc(F)ccc23)c1OC. The number of Topliss-reactive ketones (excluding diaryl/α,β-unsaturated/α-hetero) is 1. The standard InChI is InChI=1S/C20H15FN2O3/c1-25-18-5-3-4-12(20(18)26-2)8-13(10-22)19(24)16-11-23-17-9-14(21)6-7-15(16)17/h3-9,11,23H,1-2H3. The molecular formula is C20H15FN2O3. The van der Waals surface area contributed by atoms with Gasteiger partial charge >= 0.3 is 0 Å². The van der Waals surface area contributed by atoms with E-state index in [2.05, 4.69) is 4.98 Å². The van der Waals surface area contributed by atoms with Crippen LogP contribution in [0.15, 0.2) is 48.2 Å². The van der Waals surface area contributed by atoms with Crippen LogP contribution in [0.4, 0.5) is 4.39 Å². The molecule has 0 aliphatic heterocycles. The lowest BCUT2D eigenvalue weighted by Crippen LogP contribution is -2.02. The number of hydrogen-bond acceptors (Lipinski definition) is 4. The van der Waals surface area contributed by atoms with E-state index in [9.17, 15) is 14.4 Å². The number of ketones is 1. The molecule has 0 aliphatic rings. The van der Waals surface area contributed by atoms with Crippen molar-refractivity contribution in [2.45, 2.75) is 0 Å². The van der Waals surface area contributed by atoms with Crippen molar-refractivity contribution in [3.05, 3.63) is 65.1 Å². The number of nitrogens with zero attached hydrogens (tertiary/aromatic N) is 1. The van der Waals surface area contributed by atoms with Crippen LogP contribution in [0.3, 0.4) is 0 Å². The van der Waals surface area contributed by atoms with E-state index in [1.807, 2.05) is 6.07 Å². The minimum atomic E-state index is -0.463. The number of hydrogen-bond donors (Lipinski definition) is 1. The molecule has 2 aromatic carbocycles. The van der Waals surface area contributed by atoms with Crippen molar-refractivity contribution in [1.29, 1.82) is 5.26 Å². The predicted molar refractivity (Wildman–Crippen MR) is 95.7 cm³/mol. The second-order valence-corrected chi connectivity index (χ2v) is 5.47. The molecule has 1 N–H and O–H groups in total. The summed E-state index contributed by atoms with van der Waals surface area (Å²) in [6.07, 6.45) is 2.92. The first kappa shape index (κ1) is 17.2. The van der Waals surface area contributed by atoms with E-state index >= 15 is 0 Å². The van der Waals surface area contributed by atoms with Crippen LogP contribution in [0.2, 0.25) is 0 Å². The predicted octanol–water partition coefficient (Wildman–Crippen LogP) is 4.11. The summed E-state index contributed by atoms with van der Waals surface area (Å²) in [6.45, 7) is 0. The minimum absolute atomic E-state index is 0.0678. The average Bonchev–Trinajstić information content (AvgIpc) is 3.07. The van der Waals surface area contributed by atoms with Crippen LogP contribution in [0, 0.1) is 17.1 Å². The van der Waals surface area contributed by atoms with E-state index in [4.69, 9.17) is 9.47 Å². The third kappa shape index (κ3) is 3.03. The van der Waals surface area contributed by atoms with E-state index in [1.54, 1.807) is 18.2 Å². The van der Waals surface area contributed by atoms with Crippen LogP contribution >= 0.6 is 0 Å². The molecule has 1 heterocycles. The van der Waals surface area contributed by atoms with Gasteiger partial charge in [-0.05, 0) is 30.3 Å². The van der Waals surface area contributed by atoms with Crippen molar-refractivity contribution in [1.82, 2.24) is 4.98 Å². The van der Waals surface area contributed by atoms with Gasteiger partial charge in [-0.15, -0.1) is 0 Å². The summed E-state index contributed by atoms with van der Waals surface area (Å²) < 4.78 is 23.9. The van der Waals surface area contributed by atoms with Crippen LogP contribution in [-0.2, 0) is 0 Å². The van der Waals surface area contributed by atoms with Gasteiger partial charge in [0.2, 0.25) is 5.78 Å². The summed E-state index contributed by atoms with van der Waals surface area (Å²) >= 11 is 0. The fraction of sp³-hybridized carbons (Fsp3) is 0.100. The maximum atomic E-state index is 13.3. The normalized spacial score (nSPS) is 11.2. The topological polar surface area (TPSA) is 75.1 Å². The zero-order valence-electron chi connectivity index (χ0n) is 14.2. The molecule has 0 bridgehead atoms. The van der Waals surface area contributed by atoms with Crippen LogP contribution in [0.5, 0.6) is 11.5 Å². The zero-order valence-corrected chi connectivity index (χ0v) is 14.2. The van der Waals surface area contributed by atoms with E-state index < -0.39 is 11.6 Å². The molecule has 1 aromatic heterocycles. The Morgan fingerprint density at radius 3 is 2.73 bits per heavy atom. The number of ether oxygens (including phenoxy) is 2. The third-order valence-corrected chi connectivity index (χ3v) is 3.99. The minimum Gasteiger partial charge on any atom is -0.493 e. The Morgan fingerprint density at radius 2 is 2.04 bits per heavy atom. The van der Waals surface area contributed by atoms with Gasteiger partial charge < -0.3 is 14.5 Å². The monoisotopic (exact) mass is 350 g/mol. The lowest BCUT2D eigenvalue weighted by molar-refractivity contribution is 0.104. The van der Waals surface area contributed by atoms with E-state index in [1.165, 1.54) is 44.7 Å². The van der Waals surface area contributed by atoms with Crippen LogP contribution in [0.25, 0.3) is 17.0 Å². The highest BCUT2D eigenvalue weighted by Gasteiger charge is 2.18. The summed E-state index contributed by atoms with van der Waals surface area (Å²) in [5.74, 6) is 0.0517. The molecule has 6 heteroatoms. The largest absolute Gasteiger partial charge is 0.493 e. The number of H-pyrrole nitrogens is 1. The Hall–Kier alpha value is -3.59. The van der Waals surface area contributed by atoms with Crippen molar-refractivity contribution in [3.8, 4) is 17.6 Å². The number of benzene rings is 2. The number of halogens is 1. The first-order valence-electron chi connectivity index (χ1n) is 7.73. The van der Waals surface area contributed by atoms with Gasteiger partial charge in [-0.3, -0.25) is 4.79 Å². The zero-order chi connectivity index (χ0) is 18.7. The second-order valence-electron chi connectivity index (χ2n) is 5.47. The molecule has 3 rings (SSSR count). The number of methoxy groups -OCH3 is 2. The van der Waals surface area contributed by atoms with Gasteiger partial charge in [0.1, 0.15) is 17.5 Å². The maximum Gasteiger partial charge on any atom is 0.205 e. The molecular weight excluding hydrogens is 335 g/mol. The van der Waals surface area contributed by atoms with E-state index in [-0.39, 0.29) is 5.57 Å². The van der Waals surface area contributed by atoms with Crippen molar-refractivity contribution in [2.24, 2.45) is 0 Å². The lowest BCUT2D eigenvalue weighted by Gasteiger charge is -2.10. The smallest absolute Gasteiger partial charge is 0.205 e. The molecule has 130 valence electrons. The number of aromatic amines is 1. The van der Waals surface area contributed by atoms with Gasteiger partial charge in [0.05, 0.1) is 14.2 Å². The highest BCUT2D eigenvalue weighted by Crippen LogP contribution is 2.32. The van der Waals surface area contributed by atoms with Crippen LogP contribution < -0.4 is 9.47 Å². The number of nitriles is 1. The summed E-state index contributed by atoms with van der Waals surface area (Å²) in [5.41, 5.74) is 1.27. The lowest BCUT2D eigenvalue weighted by atomic mass is 10.0. The Kier molecular flexibility index (Phi) is 4.72. The summed E-state index contributed by atoms with van der Waals surface area (Å²) in [6, 6.07) is 11.2. The number of para-hydroxylation sites is 1. The number of allylic oxidation sites excluding steroid dienone is 1. The average molecular weight is 350 g/mol. The molecule has 0 fully saturated rings. The molecule has 3 aromatic rings. The van der Waals surface area contributed by atoms with Gasteiger partial charge in [-0.2, -0.15) is 5.26 Å². The van der Waals surface area contributed by atoms with Crippen LogP contribution in [-0.4, -0.2) is 25.0 Å². The number of carbonyl (C=O) groups is 1. The number of carbonyl (C=O) groups excluding carboxylic acids is 1. The molecule has 0 amide bonds. The van der Waals surface area contributed by atoms with Gasteiger partial charge in [0.15, 0.2) is 11.5 Å². The van der Waals surface area contributed by atoms with Crippen molar-refractivity contribution in [3.63, 3.8) is 0 Å². The molecule has 0 aliphatic carbocycles. The Morgan fingerprint density at radius 1 is 1.23 bits per heavy atom. The molecule has 26 heavy (non-hydrogen) atoms. The highest BCUT2D eigenvalue weighted by atomic mass is 19.1.